The van der Waals surface area contributed by atoms with Crippen molar-refractivity contribution in [1.82, 2.24) is 26.3 Å². The van der Waals surface area contributed by atoms with Gasteiger partial charge in [-0.3, -0.25) is 19.2 Å². The Morgan fingerprint density at radius 1 is 1.06 bits per heavy atom. The number of aliphatic carboxylic acids is 2. The number of benzene rings is 1. The number of carbonyl (C=O) groups is 5. The number of nitrogens with one attached hydrogen (secondary N) is 5. The normalized spacial score (nSPS) is 16.9. The molecule has 188 valence electrons. The molecule has 0 saturated carbocycles. The van der Waals surface area contributed by atoms with Crippen molar-refractivity contribution in [2.75, 3.05) is 13.1 Å². The number of rotatable bonds is 12. The molecule has 7 N–H and O–H groups in total. The van der Waals surface area contributed by atoms with Crippen LogP contribution in [0.3, 0.4) is 0 Å². The number of fused-ring (bicyclic) bond motifs is 1. The summed E-state index contributed by atoms with van der Waals surface area (Å²) < 4.78 is 0. The van der Waals surface area contributed by atoms with Crippen LogP contribution in [0, 0.1) is 0 Å². The molecule has 0 radical (unpaired) electrons. The lowest BCUT2D eigenvalue weighted by atomic mass is 10.0. The highest BCUT2D eigenvalue weighted by molar-refractivity contribution is 5.93. The van der Waals surface area contributed by atoms with E-state index in [1.165, 1.54) is 0 Å². The third-order valence-corrected chi connectivity index (χ3v) is 5.81. The van der Waals surface area contributed by atoms with Crippen molar-refractivity contribution >= 4 is 40.6 Å². The quantitative estimate of drug-likeness (QED) is 0.208. The van der Waals surface area contributed by atoms with Gasteiger partial charge in [0, 0.05) is 29.9 Å². The molecule has 1 fully saturated rings. The zero-order valence-electron chi connectivity index (χ0n) is 19.0. The first-order valence-electron chi connectivity index (χ1n) is 11.3. The van der Waals surface area contributed by atoms with Crippen LogP contribution >= 0.6 is 0 Å². The zero-order chi connectivity index (χ0) is 25.4. The Morgan fingerprint density at radius 3 is 2.51 bits per heavy atom. The molecular weight excluding hydrogens is 458 g/mol. The average molecular weight is 488 g/mol. The fourth-order valence-corrected chi connectivity index (χ4v) is 3.97. The minimum atomic E-state index is -1.23. The minimum absolute atomic E-state index is 0.0325. The van der Waals surface area contributed by atoms with E-state index in [9.17, 15) is 29.1 Å². The molecule has 35 heavy (non-hydrogen) atoms. The molecule has 1 aliphatic rings. The van der Waals surface area contributed by atoms with Crippen LogP contribution < -0.4 is 21.3 Å². The lowest BCUT2D eigenvalue weighted by Crippen LogP contribution is -2.53. The fraction of sp³-hybridized carbons (Fsp3) is 0.435. The van der Waals surface area contributed by atoms with Gasteiger partial charge in [0.25, 0.3) is 0 Å². The molecular formula is C23H29N5O7. The Bertz CT molecular complexity index is 1090. The second-order valence-corrected chi connectivity index (χ2v) is 8.38. The largest absolute Gasteiger partial charge is 0.481 e. The number of aromatic amines is 1. The maximum atomic E-state index is 12.6. The van der Waals surface area contributed by atoms with E-state index < -0.39 is 54.3 Å². The summed E-state index contributed by atoms with van der Waals surface area (Å²) in [5.74, 6) is -4.23. The molecule has 1 saturated heterocycles. The molecule has 2 heterocycles. The number of carbonyl (C=O) groups excluding carboxylic acids is 3. The summed E-state index contributed by atoms with van der Waals surface area (Å²) in [7, 11) is 0. The van der Waals surface area contributed by atoms with Crippen LogP contribution in [0.15, 0.2) is 30.5 Å². The maximum Gasteiger partial charge on any atom is 0.326 e. The summed E-state index contributed by atoms with van der Waals surface area (Å²) in [5.41, 5.74) is 1.56. The van der Waals surface area contributed by atoms with Gasteiger partial charge in [0.2, 0.25) is 17.7 Å². The second-order valence-electron chi connectivity index (χ2n) is 8.38. The zero-order valence-corrected chi connectivity index (χ0v) is 19.0. The predicted molar refractivity (Wildman–Crippen MR) is 124 cm³/mol. The number of carboxylic acid groups (broad SMARTS) is 2. The van der Waals surface area contributed by atoms with Crippen LogP contribution in [-0.4, -0.2) is 76.1 Å². The van der Waals surface area contributed by atoms with Gasteiger partial charge in [0.05, 0.1) is 12.6 Å². The van der Waals surface area contributed by atoms with Crippen LogP contribution in [0.25, 0.3) is 10.9 Å². The molecule has 2 aromatic rings. The minimum Gasteiger partial charge on any atom is -0.481 e. The van der Waals surface area contributed by atoms with Crippen LogP contribution in [0.2, 0.25) is 0 Å². The van der Waals surface area contributed by atoms with Crippen molar-refractivity contribution in [3.8, 4) is 0 Å². The van der Waals surface area contributed by atoms with Gasteiger partial charge in [0.1, 0.15) is 12.1 Å². The SMILES string of the molecule is O=C(O)CCC(NC(=O)C1CCCN1)C(=O)NCC(=O)NC(Cc1c[nH]c2ccccc12)C(=O)O. The van der Waals surface area contributed by atoms with E-state index in [-0.39, 0.29) is 19.3 Å². The van der Waals surface area contributed by atoms with Crippen LogP contribution in [0.1, 0.15) is 31.2 Å². The molecule has 3 atom stereocenters. The molecule has 3 amide bonds. The number of hydrogen-bond acceptors (Lipinski definition) is 6. The van der Waals surface area contributed by atoms with E-state index in [4.69, 9.17) is 5.11 Å². The van der Waals surface area contributed by atoms with Gasteiger partial charge in [0.15, 0.2) is 0 Å². The van der Waals surface area contributed by atoms with Crippen molar-refractivity contribution in [3.63, 3.8) is 0 Å². The van der Waals surface area contributed by atoms with Crippen LogP contribution in [-0.2, 0) is 30.4 Å². The summed E-state index contributed by atoms with van der Waals surface area (Å²) in [6.45, 7) is 0.144. The van der Waals surface area contributed by atoms with Crippen molar-refractivity contribution in [3.05, 3.63) is 36.0 Å². The number of amides is 3. The van der Waals surface area contributed by atoms with Gasteiger partial charge >= 0.3 is 11.9 Å². The summed E-state index contributed by atoms with van der Waals surface area (Å²) in [6, 6.07) is 4.54. The number of carboxylic acids is 2. The van der Waals surface area contributed by atoms with Crippen molar-refractivity contribution in [1.29, 1.82) is 0 Å². The molecule has 3 unspecified atom stereocenters. The molecule has 1 aromatic heterocycles. The summed E-state index contributed by atoms with van der Waals surface area (Å²) >= 11 is 0. The van der Waals surface area contributed by atoms with E-state index in [2.05, 4.69) is 26.3 Å². The molecule has 0 aliphatic carbocycles. The van der Waals surface area contributed by atoms with E-state index in [0.29, 0.717) is 18.5 Å². The third kappa shape index (κ3) is 7.27. The lowest BCUT2D eigenvalue weighted by molar-refractivity contribution is -0.141. The van der Waals surface area contributed by atoms with Crippen LogP contribution in [0.5, 0.6) is 0 Å². The molecule has 12 heteroatoms. The van der Waals surface area contributed by atoms with Crippen molar-refractivity contribution in [2.24, 2.45) is 0 Å². The summed E-state index contributed by atoms with van der Waals surface area (Å²) in [4.78, 5) is 63.1. The average Bonchev–Trinajstić information content (AvgIpc) is 3.50. The monoisotopic (exact) mass is 487 g/mol. The first-order chi connectivity index (χ1) is 16.7. The standard InChI is InChI=1S/C23H29N5O7/c29-19(27-18(23(34)35)10-13-11-25-15-5-2-1-4-14(13)15)12-26-21(32)17(7-8-20(30)31)28-22(33)16-6-3-9-24-16/h1-2,4-5,11,16-18,24-25H,3,6-10,12H2,(H,26,32)(H,27,29)(H,28,33)(H,30,31)(H,34,35). The van der Waals surface area contributed by atoms with Crippen molar-refractivity contribution in [2.45, 2.75) is 50.2 Å². The van der Waals surface area contributed by atoms with Gasteiger partial charge in [-0.2, -0.15) is 0 Å². The highest BCUT2D eigenvalue weighted by Crippen LogP contribution is 2.19. The number of hydrogen-bond donors (Lipinski definition) is 7. The summed E-state index contributed by atoms with van der Waals surface area (Å²) in [6.07, 6.45) is 2.63. The summed E-state index contributed by atoms with van der Waals surface area (Å²) in [5, 5.41) is 29.6. The van der Waals surface area contributed by atoms with Gasteiger partial charge in [-0.15, -0.1) is 0 Å². The van der Waals surface area contributed by atoms with Gasteiger partial charge < -0.3 is 36.5 Å². The Balaban J connectivity index is 1.56. The topological polar surface area (TPSA) is 190 Å². The second kappa shape index (κ2) is 12.0. The van der Waals surface area contributed by atoms with E-state index in [1.54, 1.807) is 6.20 Å². The molecule has 0 bridgehead atoms. The maximum absolute atomic E-state index is 12.6. The Morgan fingerprint density at radius 2 is 1.83 bits per heavy atom. The molecule has 0 spiro atoms. The predicted octanol–water partition coefficient (Wildman–Crippen LogP) is -0.502. The molecule has 12 nitrogen and oxygen atoms in total. The number of H-pyrrole nitrogens is 1. The highest BCUT2D eigenvalue weighted by atomic mass is 16.4. The fourth-order valence-electron chi connectivity index (χ4n) is 3.97. The Hall–Kier alpha value is -3.93. The van der Waals surface area contributed by atoms with Crippen LogP contribution in [0.4, 0.5) is 0 Å². The molecule has 1 aromatic carbocycles. The van der Waals surface area contributed by atoms with E-state index in [0.717, 1.165) is 17.3 Å². The lowest BCUT2D eigenvalue weighted by Gasteiger charge is -2.20. The highest BCUT2D eigenvalue weighted by Gasteiger charge is 2.28. The Kier molecular flexibility index (Phi) is 8.79. The van der Waals surface area contributed by atoms with Gasteiger partial charge in [-0.05, 0) is 37.4 Å². The van der Waals surface area contributed by atoms with Gasteiger partial charge in [-0.25, -0.2) is 4.79 Å². The smallest absolute Gasteiger partial charge is 0.326 e. The third-order valence-electron chi connectivity index (χ3n) is 5.81. The Labute approximate surface area is 200 Å². The van der Waals surface area contributed by atoms with Gasteiger partial charge in [-0.1, -0.05) is 18.2 Å². The number of aromatic nitrogens is 1. The van der Waals surface area contributed by atoms with Crippen molar-refractivity contribution < 1.29 is 34.2 Å². The first kappa shape index (κ1) is 25.7. The van der Waals surface area contributed by atoms with E-state index in [1.807, 2.05) is 24.3 Å². The molecule has 3 rings (SSSR count). The first-order valence-corrected chi connectivity index (χ1v) is 11.3. The molecule has 1 aliphatic heterocycles. The number of para-hydroxylation sites is 1. The van der Waals surface area contributed by atoms with E-state index >= 15 is 0 Å².